The molecule has 0 bridgehead atoms. The van der Waals surface area contributed by atoms with Crippen molar-refractivity contribution in [3.05, 3.63) is 58.3 Å². The van der Waals surface area contributed by atoms with Gasteiger partial charge in [-0.05, 0) is 64.6 Å². The molecule has 1 atom stereocenters. The number of likely N-dealkylation sites (tertiary alicyclic amines) is 1. The molecule has 0 saturated carbocycles. The molecule has 1 aliphatic heterocycles. The summed E-state index contributed by atoms with van der Waals surface area (Å²) < 4.78 is 1.03. The van der Waals surface area contributed by atoms with E-state index in [1.165, 1.54) is 24.0 Å². The van der Waals surface area contributed by atoms with Gasteiger partial charge in [0.2, 0.25) is 0 Å². The van der Waals surface area contributed by atoms with Crippen LogP contribution < -0.4 is 5.73 Å². The van der Waals surface area contributed by atoms with Crippen molar-refractivity contribution in [3.8, 4) is 0 Å². The number of pyridine rings is 1. The predicted molar refractivity (Wildman–Crippen MR) is 85.2 cm³/mol. The molecule has 1 aromatic heterocycles. The molecule has 0 aliphatic carbocycles. The lowest BCUT2D eigenvalue weighted by atomic mass is 10.1. The number of anilines is 1. The van der Waals surface area contributed by atoms with Gasteiger partial charge in [0, 0.05) is 35.1 Å². The van der Waals surface area contributed by atoms with E-state index in [0.29, 0.717) is 6.04 Å². The fourth-order valence-corrected chi connectivity index (χ4v) is 3.31. The third-order valence-electron chi connectivity index (χ3n) is 3.94. The summed E-state index contributed by atoms with van der Waals surface area (Å²) in [7, 11) is 0. The highest BCUT2D eigenvalue weighted by Gasteiger charge is 2.26. The lowest BCUT2D eigenvalue weighted by Crippen LogP contribution is -2.23. The minimum Gasteiger partial charge on any atom is -0.398 e. The van der Waals surface area contributed by atoms with Crippen LogP contribution in [0.5, 0.6) is 0 Å². The number of nitrogen functional groups attached to an aromatic ring is 1. The van der Waals surface area contributed by atoms with E-state index in [4.69, 9.17) is 5.73 Å². The van der Waals surface area contributed by atoms with Crippen molar-refractivity contribution >= 4 is 21.6 Å². The molecule has 1 aliphatic rings. The molecule has 2 aromatic rings. The molecule has 3 rings (SSSR count). The molecular formula is C16H18BrN3. The fraction of sp³-hybridized carbons (Fsp3) is 0.312. The van der Waals surface area contributed by atoms with E-state index >= 15 is 0 Å². The summed E-state index contributed by atoms with van der Waals surface area (Å²) in [6.45, 7) is 2.06. The molecule has 1 saturated heterocycles. The van der Waals surface area contributed by atoms with Crippen LogP contribution in [0, 0.1) is 0 Å². The molecule has 20 heavy (non-hydrogen) atoms. The third-order valence-corrected chi connectivity index (χ3v) is 4.90. The summed E-state index contributed by atoms with van der Waals surface area (Å²) >= 11 is 3.60. The van der Waals surface area contributed by atoms with E-state index in [2.05, 4.69) is 44.0 Å². The van der Waals surface area contributed by atoms with Gasteiger partial charge in [-0.25, -0.2) is 0 Å². The van der Waals surface area contributed by atoms with Gasteiger partial charge in [-0.1, -0.05) is 12.1 Å². The van der Waals surface area contributed by atoms with Crippen LogP contribution in [-0.2, 0) is 6.54 Å². The van der Waals surface area contributed by atoms with Crippen molar-refractivity contribution in [3.63, 3.8) is 0 Å². The molecule has 4 heteroatoms. The maximum atomic E-state index is 5.97. The summed E-state index contributed by atoms with van der Waals surface area (Å²) in [4.78, 5) is 6.63. The number of aromatic nitrogens is 1. The molecule has 2 heterocycles. The molecule has 104 valence electrons. The first kappa shape index (κ1) is 13.6. The monoisotopic (exact) mass is 331 g/mol. The normalized spacial score (nSPS) is 19.4. The van der Waals surface area contributed by atoms with Crippen molar-refractivity contribution < 1.29 is 0 Å². The molecule has 0 spiro atoms. The Labute approximate surface area is 127 Å². The van der Waals surface area contributed by atoms with Crippen LogP contribution in [0.4, 0.5) is 5.69 Å². The lowest BCUT2D eigenvalue weighted by molar-refractivity contribution is 0.248. The van der Waals surface area contributed by atoms with Crippen LogP contribution in [0.25, 0.3) is 0 Å². The molecule has 0 radical (unpaired) electrons. The van der Waals surface area contributed by atoms with Crippen LogP contribution in [-0.4, -0.2) is 16.4 Å². The second-order valence-corrected chi connectivity index (χ2v) is 6.02. The fourth-order valence-electron chi connectivity index (χ4n) is 2.92. The highest BCUT2D eigenvalue weighted by atomic mass is 79.9. The van der Waals surface area contributed by atoms with Crippen molar-refractivity contribution in [1.29, 1.82) is 0 Å². The number of halogens is 1. The second-order valence-electron chi connectivity index (χ2n) is 5.23. The second kappa shape index (κ2) is 5.94. The van der Waals surface area contributed by atoms with Gasteiger partial charge in [-0.3, -0.25) is 9.88 Å². The minimum absolute atomic E-state index is 0.492. The topological polar surface area (TPSA) is 42.1 Å². The molecular weight excluding hydrogens is 314 g/mol. The number of rotatable bonds is 3. The molecule has 2 N–H and O–H groups in total. The first-order valence-corrected chi connectivity index (χ1v) is 7.72. The van der Waals surface area contributed by atoms with Gasteiger partial charge < -0.3 is 5.73 Å². The molecule has 3 nitrogen and oxygen atoms in total. The SMILES string of the molecule is Nc1cccc(CN2CCCC2c2ccncc2)c1Br. The lowest BCUT2D eigenvalue weighted by Gasteiger charge is -2.25. The summed E-state index contributed by atoms with van der Waals surface area (Å²) in [5, 5.41) is 0. The highest BCUT2D eigenvalue weighted by Crippen LogP contribution is 2.34. The smallest absolute Gasteiger partial charge is 0.0461 e. The molecule has 1 unspecified atom stereocenters. The maximum Gasteiger partial charge on any atom is 0.0461 e. The zero-order chi connectivity index (χ0) is 13.9. The van der Waals surface area contributed by atoms with E-state index in [0.717, 1.165) is 23.2 Å². The minimum atomic E-state index is 0.492. The van der Waals surface area contributed by atoms with Crippen LogP contribution >= 0.6 is 15.9 Å². The Kier molecular flexibility index (Phi) is 4.03. The Morgan fingerprint density at radius 3 is 2.85 bits per heavy atom. The van der Waals surface area contributed by atoms with Crippen molar-refractivity contribution in [2.24, 2.45) is 0 Å². The standard InChI is InChI=1S/C16H18BrN3/c17-16-13(3-1-4-14(16)18)11-20-10-2-5-15(20)12-6-8-19-9-7-12/h1,3-4,6-9,15H,2,5,10-11,18H2. The van der Waals surface area contributed by atoms with Gasteiger partial charge in [0.1, 0.15) is 0 Å². The number of hydrogen-bond donors (Lipinski definition) is 1. The Bertz CT molecular complexity index is 586. The number of nitrogens with two attached hydrogens (primary N) is 1. The van der Waals surface area contributed by atoms with E-state index < -0.39 is 0 Å². The van der Waals surface area contributed by atoms with Gasteiger partial charge in [0.15, 0.2) is 0 Å². The summed E-state index contributed by atoms with van der Waals surface area (Å²) in [6.07, 6.45) is 6.21. The zero-order valence-corrected chi connectivity index (χ0v) is 12.9. The van der Waals surface area contributed by atoms with Gasteiger partial charge in [0.25, 0.3) is 0 Å². The average Bonchev–Trinajstić information content (AvgIpc) is 2.93. The third kappa shape index (κ3) is 2.72. The zero-order valence-electron chi connectivity index (χ0n) is 11.3. The first-order chi connectivity index (χ1) is 9.75. The summed E-state index contributed by atoms with van der Waals surface area (Å²) in [5.41, 5.74) is 9.39. The average molecular weight is 332 g/mol. The van der Waals surface area contributed by atoms with E-state index in [-0.39, 0.29) is 0 Å². The van der Waals surface area contributed by atoms with Crippen LogP contribution in [0.15, 0.2) is 47.2 Å². The maximum absolute atomic E-state index is 5.97. The highest BCUT2D eigenvalue weighted by molar-refractivity contribution is 9.10. The van der Waals surface area contributed by atoms with Crippen molar-refractivity contribution in [1.82, 2.24) is 9.88 Å². The van der Waals surface area contributed by atoms with Crippen LogP contribution in [0.1, 0.15) is 30.0 Å². The Morgan fingerprint density at radius 2 is 2.05 bits per heavy atom. The van der Waals surface area contributed by atoms with E-state index in [9.17, 15) is 0 Å². The summed E-state index contributed by atoms with van der Waals surface area (Å²) in [5.74, 6) is 0. The van der Waals surface area contributed by atoms with Gasteiger partial charge >= 0.3 is 0 Å². The van der Waals surface area contributed by atoms with Gasteiger partial charge in [0.05, 0.1) is 0 Å². The predicted octanol–water partition coefficient (Wildman–Crippen LogP) is 3.76. The quantitative estimate of drug-likeness (QED) is 0.870. The van der Waals surface area contributed by atoms with E-state index in [1.54, 1.807) is 0 Å². The van der Waals surface area contributed by atoms with Gasteiger partial charge in [-0.15, -0.1) is 0 Å². The van der Waals surface area contributed by atoms with Crippen LogP contribution in [0.2, 0.25) is 0 Å². The first-order valence-electron chi connectivity index (χ1n) is 6.92. The Morgan fingerprint density at radius 1 is 1.25 bits per heavy atom. The Hall–Kier alpha value is -1.39. The van der Waals surface area contributed by atoms with Crippen LogP contribution in [0.3, 0.4) is 0 Å². The number of nitrogens with zero attached hydrogens (tertiary/aromatic N) is 2. The summed E-state index contributed by atoms with van der Waals surface area (Å²) in [6, 6.07) is 10.8. The van der Waals surface area contributed by atoms with Gasteiger partial charge in [-0.2, -0.15) is 0 Å². The van der Waals surface area contributed by atoms with Crippen molar-refractivity contribution in [2.75, 3.05) is 12.3 Å². The Balaban J connectivity index is 1.81. The van der Waals surface area contributed by atoms with E-state index in [1.807, 2.05) is 24.5 Å². The molecule has 1 fully saturated rings. The molecule has 0 amide bonds. The number of benzene rings is 1. The molecule has 1 aromatic carbocycles. The number of hydrogen-bond acceptors (Lipinski definition) is 3. The largest absolute Gasteiger partial charge is 0.398 e. The van der Waals surface area contributed by atoms with Crippen molar-refractivity contribution in [2.45, 2.75) is 25.4 Å².